The molecule has 0 radical (unpaired) electrons. The number of nitrogens with zero attached hydrogens (tertiary/aromatic N) is 5. The Morgan fingerprint density at radius 1 is 0.571 bits per heavy atom. The number of aryl methyl sites for hydroxylation is 1. The van der Waals surface area contributed by atoms with E-state index in [1.165, 1.54) is 144 Å². The van der Waals surface area contributed by atoms with Crippen molar-refractivity contribution >= 4 is 84.0 Å². The highest BCUT2D eigenvalue weighted by Gasteiger charge is 2.48. The van der Waals surface area contributed by atoms with Gasteiger partial charge in [-0.05, 0) is 216 Å². The van der Waals surface area contributed by atoms with Gasteiger partial charge in [0.15, 0.2) is 0 Å². The largest absolute Gasteiger partial charge is 0.337 e. The van der Waals surface area contributed by atoms with Gasteiger partial charge in [-0.25, -0.2) is 0 Å². The monoisotopic (exact) mass is 1170 g/mol. The van der Waals surface area contributed by atoms with E-state index in [1.54, 1.807) is 5.57 Å². The molecule has 1 aliphatic heterocycles. The first-order valence-corrected chi connectivity index (χ1v) is 33.4. The van der Waals surface area contributed by atoms with Gasteiger partial charge in [-0.3, -0.25) is 0 Å². The summed E-state index contributed by atoms with van der Waals surface area (Å²) >= 11 is 0. The molecule has 0 N–H and O–H groups in total. The van der Waals surface area contributed by atoms with Gasteiger partial charge in [0, 0.05) is 90.3 Å². The zero-order valence-electron chi connectivity index (χ0n) is 52.5. The van der Waals surface area contributed by atoms with Crippen LogP contribution in [-0.2, 0) is 23.7 Å². The van der Waals surface area contributed by atoms with Crippen LogP contribution in [0.3, 0.4) is 0 Å². The van der Waals surface area contributed by atoms with Crippen molar-refractivity contribution in [2.45, 2.75) is 121 Å². The molecule has 0 saturated heterocycles. The summed E-state index contributed by atoms with van der Waals surface area (Å²) in [4.78, 5) is 2.70. The SMILES string of the molecule is Cc1cc(-n2c3c(c4c2C=C2C(C4)c4ccccc4C2(C)C)CC(c2ccc4c(c2)c2ccccc2n4C2=CC=CCC2)C=C3)c(C#N)cc1N1c2cc3c(cc2C2C=C(c4ccc5c(c4)c4ccccc4n5-c4ccccc4)CCC21)C1=C(CCC=C1)C3(C)C. The Hall–Kier alpha value is -9.89. The summed E-state index contributed by atoms with van der Waals surface area (Å²) in [5.74, 6) is 0.644. The first-order chi connectivity index (χ1) is 44.5. The zero-order valence-corrected chi connectivity index (χ0v) is 52.5. The highest BCUT2D eigenvalue weighted by Crippen LogP contribution is 2.60. The molecule has 0 amide bonds. The van der Waals surface area contributed by atoms with Crippen LogP contribution in [-0.4, -0.2) is 19.7 Å². The summed E-state index contributed by atoms with van der Waals surface area (Å²) in [7, 11) is 0. The highest BCUT2D eigenvalue weighted by molar-refractivity contribution is 6.11. The summed E-state index contributed by atoms with van der Waals surface area (Å²) in [6, 6.07) is 65.2. The average Bonchev–Trinajstić information content (AvgIpc) is 1.57. The molecule has 4 unspecified atom stereocenters. The van der Waals surface area contributed by atoms with Gasteiger partial charge in [-0.15, -0.1) is 0 Å². The molecule has 5 heteroatoms. The first kappa shape index (κ1) is 53.0. The smallest absolute Gasteiger partial charge is 0.101 e. The minimum Gasteiger partial charge on any atom is -0.337 e. The third-order valence-electron chi connectivity index (χ3n) is 23.1. The number of hydrogen-bond acceptors (Lipinski definition) is 2. The van der Waals surface area contributed by atoms with E-state index >= 15 is 0 Å². The highest BCUT2D eigenvalue weighted by atomic mass is 15.2. The zero-order chi connectivity index (χ0) is 60.8. The molecule has 5 nitrogen and oxygen atoms in total. The van der Waals surface area contributed by atoms with Gasteiger partial charge in [0.1, 0.15) is 6.07 Å². The lowest BCUT2D eigenvalue weighted by atomic mass is 9.75. The van der Waals surface area contributed by atoms with Crippen molar-refractivity contribution in [1.82, 2.24) is 13.7 Å². The minimum atomic E-state index is -0.132. The lowest BCUT2D eigenvalue weighted by molar-refractivity contribution is 0.572. The lowest BCUT2D eigenvalue weighted by Crippen LogP contribution is -2.32. The van der Waals surface area contributed by atoms with E-state index in [2.05, 4.69) is 278 Å². The molecule has 0 bridgehead atoms. The Bertz CT molecular complexity index is 5350. The Labute approximate surface area is 532 Å². The number of anilines is 2. The van der Waals surface area contributed by atoms with E-state index in [1.807, 2.05) is 0 Å². The molecule has 4 heterocycles. The molecule has 0 spiro atoms. The third kappa shape index (κ3) is 7.45. The molecule has 0 fully saturated rings. The van der Waals surface area contributed by atoms with Crippen LogP contribution < -0.4 is 4.90 Å². The van der Waals surface area contributed by atoms with E-state index < -0.39 is 0 Å². The molecule has 19 rings (SSSR count). The second-order valence-corrected chi connectivity index (χ2v) is 28.4. The van der Waals surface area contributed by atoms with Crippen molar-refractivity contribution in [1.29, 1.82) is 5.26 Å². The van der Waals surface area contributed by atoms with Crippen LogP contribution in [0.2, 0.25) is 0 Å². The summed E-state index contributed by atoms with van der Waals surface area (Å²) in [6.45, 7) is 12.1. The Balaban J connectivity index is 0.752. The molecular weight excluding hydrogens is 1100 g/mol. The molecule has 3 aromatic heterocycles. The van der Waals surface area contributed by atoms with Crippen LogP contribution in [0.15, 0.2) is 217 Å². The van der Waals surface area contributed by atoms with Gasteiger partial charge in [0.05, 0.1) is 33.3 Å². The lowest BCUT2D eigenvalue weighted by Gasteiger charge is -2.35. The second-order valence-electron chi connectivity index (χ2n) is 28.4. The molecule has 7 aliphatic carbocycles. The number of allylic oxidation sites excluding steroid dienone is 11. The summed E-state index contributed by atoms with van der Waals surface area (Å²) in [5, 5.41) is 17.0. The van der Waals surface area contributed by atoms with Gasteiger partial charge in [0.25, 0.3) is 0 Å². The van der Waals surface area contributed by atoms with Crippen molar-refractivity contribution in [3.8, 4) is 17.4 Å². The molecule has 8 aromatic carbocycles. The van der Waals surface area contributed by atoms with Gasteiger partial charge >= 0.3 is 0 Å². The molecule has 8 aliphatic rings. The standard InChI is InChI=1S/C86H71N5/c1-51-40-82(91-80-39-35-55(44-68(80)70-47-64-60-25-13-17-29-72(60)86(4,5)74(64)49-84(70)91)53-33-37-78-66(42-53)62-27-15-19-31-76(62)89(78)58-22-10-7-11-23-58)56(50-87)45-81(51)90-79-38-34-54(43-67(79)69-46-63-59-24-12-16-28-71(59)85(2,3)73(63)48-83(69)90)52-32-36-77-65(41-52)61-26-14-18-30-75(61)88(77)57-20-8-6-9-21-57/h6-10,12-15,17-22,24-27,29-33,35-37,39-43,45-46,48-49,55,64,67,79H,11,16,23,28,34,38,44,47H2,1-5H3. The average molecular weight is 1170 g/mol. The third-order valence-corrected chi connectivity index (χ3v) is 23.1. The van der Waals surface area contributed by atoms with Crippen molar-refractivity contribution in [2.75, 3.05) is 4.90 Å². The van der Waals surface area contributed by atoms with Gasteiger partial charge in [0.2, 0.25) is 0 Å². The molecule has 4 atom stereocenters. The second kappa shape index (κ2) is 19.3. The van der Waals surface area contributed by atoms with Crippen molar-refractivity contribution in [2.24, 2.45) is 0 Å². The number of nitriles is 1. The predicted octanol–water partition coefficient (Wildman–Crippen LogP) is 21.3. The maximum Gasteiger partial charge on any atom is 0.101 e. The van der Waals surface area contributed by atoms with E-state index in [0.29, 0.717) is 11.5 Å². The minimum absolute atomic E-state index is 0.0877. The van der Waals surface area contributed by atoms with Crippen molar-refractivity contribution < 1.29 is 0 Å². The molecule has 91 heavy (non-hydrogen) atoms. The maximum atomic E-state index is 11.8. The van der Waals surface area contributed by atoms with Crippen LogP contribution >= 0.6 is 0 Å². The van der Waals surface area contributed by atoms with Crippen LogP contribution in [0, 0.1) is 18.3 Å². The van der Waals surface area contributed by atoms with Crippen LogP contribution in [0.1, 0.15) is 157 Å². The normalized spacial score (nSPS) is 21.1. The van der Waals surface area contributed by atoms with Crippen LogP contribution in [0.25, 0.3) is 84.0 Å². The van der Waals surface area contributed by atoms with Crippen molar-refractivity contribution in [3.63, 3.8) is 0 Å². The fourth-order valence-electron chi connectivity index (χ4n) is 18.8. The quantitative estimate of drug-likeness (QED) is 0.166. The van der Waals surface area contributed by atoms with Gasteiger partial charge in [-0.1, -0.05) is 166 Å². The molecular formula is C86H71N5. The van der Waals surface area contributed by atoms with E-state index in [-0.39, 0.29) is 28.7 Å². The predicted molar refractivity (Wildman–Crippen MR) is 378 cm³/mol. The van der Waals surface area contributed by atoms with Crippen LogP contribution in [0.4, 0.5) is 11.4 Å². The Morgan fingerprint density at radius 2 is 1.31 bits per heavy atom. The summed E-state index contributed by atoms with van der Waals surface area (Å²) in [5.41, 5.74) is 33.5. The van der Waals surface area contributed by atoms with E-state index in [4.69, 9.17) is 0 Å². The Kier molecular flexibility index (Phi) is 11.2. The number of aromatic nitrogens is 3. The first-order valence-electron chi connectivity index (χ1n) is 33.4. The van der Waals surface area contributed by atoms with Crippen LogP contribution in [0.5, 0.6) is 0 Å². The number of benzene rings is 8. The Morgan fingerprint density at radius 3 is 2.13 bits per heavy atom. The number of para-hydroxylation sites is 3. The number of fused-ring (bicyclic) bond motifs is 17. The van der Waals surface area contributed by atoms with E-state index in [9.17, 15) is 5.26 Å². The topological polar surface area (TPSA) is 41.8 Å². The fourth-order valence-corrected chi connectivity index (χ4v) is 18.8. The maximum absolute atomic E-state index is 11.8. The fraction of sp³-hybridized carbons (Fsp3) is 0.221. The van der Waals surface area contributed by atoms with Gasteiger partial charge < -0.3 is 18.6 Å². The number of hydrogen-bond donors (Lipinski definition) is 0. The molecule has 11 aromatic rings. The molecule has 0 saturated carbocycles. The van der Waals surface area contributed by atoms with E-state index in [0.717, 1.165) is 62.7 Å². The van der Waals surface area contributed by atoms with Crippen molar-refractivity contribution in [3.05, 3.63) is 290 Å². The summed E-state index contributed by atoms with van der Waals surface area (Å²) in [6.07, 6.45) is 29.7. The van der Waals surface area contributed by atoms with Gasteiger partial charge in [-0.2, -0.15) is 5.26 Å². The summed E-state index contributed by atoms with van der Waals surface area (Å²) < 4.78 is 7.44. The number of rotatable bonds is 6. The molecule has 440 valence electrons.